The number of benzene rings is 1. The van der Waals surface area contributed by atoms with Crippen LogP contribution in [0.25, 0.3) is 0 Å². The molecule has 0 amide bonds. The summed E-state index contributed by atoms with van der Waals surface area (Å²) in [5.74, 6) is 0. The highest BCUT2D eigenvalue weighted by atomic mass is 35.5. The molecule has 2 rings (SSSR count). The number of ether oxygens (including phenoxy) is 1. The van der Waals surface area contributed by atoms with Crippen molar-refractivity contribution in [3.8, 4) is 0 Å². The van der Waals surface area contributed by atoms with Crippen molar-refractivity contribution in [1.29, 1.82) is 0 Å². The molecular weight excluding hydrogens is 233 g/mol. The average molecular weight is 246 g/mol. The Labute approximate surface area is 99.5 Å². The lowest BCUT2D eigenvalue weighted by Crippen LogP contribution is -2.25. The summed E-state index contributed by atoms with van der Waals surface area (Å²) in [7, 11) is 1.67. The van der Waals surface area contributed by atoms with Gasteiger partial charge in [-0.3, -0.25) is 5.32 Å². The van der Waals surface area contributed by atoms with E-state index in [-0.39, 0.29) is 6.23 Å². The third-order valence-electron chi connectivity index (χ3n) is 2.45. The van der Waals surface area contributed by atoms with Gasteiger partial charge in [-0.2, -0.15) is 0 Å². The normalized spacial score (nSPS) is 17.8. The molecule has 1 fully saturated rings. The van der Waals surface area contributed by atoms with Gasteiger partial charge in [0.05, 0.1) is 0 Å². The zero-order valence-electron chi connectivity index (χ0n) is 8.47. The number of nitrogens with one attached hydrogen (secondary N) is 1. The Hall–Kier alpha value is -0.280. The molecule has 1 aromatic carbocycles. The van der Waals surface area contributed by atoms with E-state index < -0.39 is 0 Å². The number of rotatable bonds is 4. The number of halogens is 2. The minimum absolute atomic E-state index is 0.137. The number of methoxy groups -OCH3 is 1. The van der Waals surface area contributed by atoms with Crippen LogP contribution in [0.15, 0.2) is 18.2 Å². The van der Waals surface area contributed by atoms with Gasteiger partial charge in [-0.05, 0) is 25.0 Å². The molecule has 0 heterocycles. The molecule has 1 saturated carbocycles. The first kappa shape index (κ1) is 11.2. The monoisotopic (exact) mass is 245 g/mol. The second kappa shape index (κ2) is 4.71. The Bertz CT molecular complexity index is 352. The Morgan fingerprint density at radius 2 is 2.13 bits per heavy atom. The standard InChI is InChI=1S/C11H13Cl2NO/c1-15-11(14-8-3-4-8)9-5-2-7(12)6-10(9)13/h2,5-6,8,11,14H,3-4H2,1H3. The van der Waals surface area contributed by atoms with Gasteiger partial charge in [-0.25, -0.2) is 0 Å². The van der Waals surface area contributed by atoms with E-state index >= 15 is 0 Å². The number of hydrogen-bond acceptors (Lipinski definition) is 2. The van der Waals surface area contributed by atoms with Crippen LogP contribution >= 0.6 is 23.2 Å². The zero-order chi connectivity index (χ0) is 10.8. The molecule has 2 nitrogen and oxygen atoms in total. The van der Waals surface area contributed by atoms with E-state index in [0.29, 0.717) is 16.1 Å². The van der Waals surface area contributed by atoms with Crippen molar-refractivity contribution in [3.63, 3.8) is 0 Å². The second-order valence-corrected chi connectivity index (χ2v) is 4.57. The smallest absolute Gasteiger partial charge is 0.135 e. The highest BCUT2D eigenvalue weighted by molar-refractivity contribution is 6.35. The average Bonchev–Trinajstić information content (AvgIpc) is 2.99. The van der Waals surface area contributed by atoms with Crippen LogP contribution in [0.3, 0.4) is 0 Å². The number of hydrogen-bond donors (Lipinski definition) is 1. The van der Waals surface area contributed by atoms with E-state index in [9.17, 15) is 0 Å². The molecule has 1 atom stereocenters. The Morgan fingerprint density at radius 1 is 1.40 bits per heavy atom. The molecule has 15 heavy (non-hydrogen) atoms. The lowest BCUT2D eigenvalue weighted by atomic mass is 10.2. The third-order valence-corrected chi connectivity index (χ3v) is 3.01. The summed E-state index contributed by atoms with van der Waals surface area (Å²) in [5.41, 5.74) is 0.940. The maximum atomic E-state index is 6.10. The van der Waals surface area contributed by atoms with Crippen molar-refractivity contribution in [2.75, 3.05) is 7.11 Å². The van der Waals surface area contributed by atoms with E-state index in [1.807, 2.05) is 12.1 Å². The van der Waals surface area contributed by atoms with Gasteiger partial charge in [-0.1, -0.05) is 29.3 Å². The van der Waals surface area contributed by atoms with Gasteiger partial charge in [0.2, 0.25) is 0 Å². The second-order valence-electron chi connectivity index (χ2n) is 3.72. The van der Waals surface area contributed by atoms with Gasteiger partial charge >= 0.3 is 0 Å². The van der Waals surface area contributed by atoms with Crippen LogP contribution in [0.5, 0.6) is 0 Å². The van der Waals surface area contributed by atoms with E-state index in [4.69, 9.17) is 27.9 Å². The van der Waals surface area contributed by atoms with E-state index in [1.165, 1.54) is 12.8 Å². The maximum Gasteiger partial charge on any atom is 0.135 e. The molecule has 1 unspecified atom stereocenters. The van der Waals surface area contributed by atoms with Crippen LogP contribution in [0.2, 0.25) is 10.0 Å². The van der Waals surface area contributed by atoms with Crippen molar-refractivity contribution in [2.45, 2.75) is 25.1 Å². The summed E-state index contributed by atoms with van der Waals surface area (Å²) in [5, 5.41) is 4.65. The summed E-state index contributed by atoms with van der Waals surface area (Å²) in [6.45, 7) is 0. The topological polar surface area (TPSA) is 21.3 Å². The molecule has 0 radical (unpaired) electrons. The predicted molar refractivity (Wildman–Crippen MR) is 62.4 cm³/mol. The van der Waals surface area contributed by atoms with Crippen LogP contribution in [0.4, 0.5) is 0 Å². The molecule has 1 aromatic rings. The molecule has 1 aliphatic carbocycles. The maximum absolute atomic E-state index is 6.10. The van der Waals surface area contributed by atoms with Crippen LogP contribution in [0, 0.1) is 0 Å². The molecule has 82 valence electrons. The largest absolute Gasteiger partial charge is 0.362 e. The minimum Gasteiger partial charge on any atom is -0.362 e. The van der Waals surface area contributed by atoms with E-state index in [2.05, 4.69) is 5.32 Å². The van der Waals surface area contributed by atoms with Gasteiger partial charge in [0.1, 0.15) is 6.23 Å². The van der Waals surface area contributed by atoms with Crippen molar-refractivity contribution in [1.82, 2.24) is 5.32 Å². The molecule has 1 N–H and O–H groups in total. The lowest BCUT2D eigenvalue weighted by molar-refractivity contribution is 0.0721. The molecule has 0 saturated heterocycles. The molecule has 0 spiro atoms. The fraction of sp³-hybridized carbons (Fsp3) is 0.455. The molecule has 0 bridgehead atoms. The first-order valence-electron chi connectivity index (χ1n) is 4.94. The lowest BCUT2D eigenvalue weighted by Gasteiger charge is -2.18. The van der Waals surface area contributed by atoms with Gasteiger partial charge in [0, 0.05) is 28.8 Å². The first-order chi connectivity index (χ1) is 7.20. The Kier molecular flexibility index (Phi) is 3.52. The van der Waals surface area contributed by atoms with Gasteiger partial charge in [0.25, 0.3) is 0 Å². The quantitative estimate of drug-likeness (QED) is 0.822. The van der Waals surface area contributed by atoms with Crippen LogP contribution in [0.1, 0.15) is 24.6 Å². The SMILES string of the molecule is COC(NC1CC1)c1ccc(Cl)cc1Cl. The molecule has 0 aliphatic heterocycles. The molecule has 1 aliphatic rings. The summed E-state index contributed by atoms with van der Waals surface area (Å²) < 4.78 is 5.37. The van der Waals surface area contributed by atoms with E-state index in [1.54, 1.807) is 13.2 Å². The summed E-state index contributed by atoms with van der Waals surface area (Å²) in [4.78, 5) is 0. The van der Waals surface area contributed by atoms with Crippen LogP contribution < -0.4 is 5.32 Å². The zero-order valence-corrected chi connectivity index (χ0v) is 9.98. The van der Waals surface area contributed by atoms with E-state index in [0.717, 1.165) is 5.56 Å². The van der Waals surface area contributed by atoms with Crippen molar-refractivity contribution in [2.24, 2.45) is 0 Å². The van der Waals surface area contributed by atoms with Gasteiger partial charge in [-0.15, -0.1) is 0 Å². The van der Waals surface area contributed by atoms with Crippen molar-refractivity contribution < 1.29 is 4.74 Å². The fourth-order valence-electron chi connectivity index (χ4n) is 1.46. The fourth-order valence-corrected chi connectivity index (χ4v) is 1.97. The third kappa shape index (κ3) is 2.85. The van der Waals surface area contributed by atoms with Crippen LogP contribution in [-0.2, 0) is 4.74 Å². The Morgan fingerprint density at radius 3 is 2.67 bits per heavy atom. The molecule has 4 heteroatoms. The summed E-state index contributed by atoms with van der Waals surface area (Å²) >= 11 is 11.9. The van der Waals surface area contributed by atoms with Crippen LogP contribution in [-0.4, -0.2) is 13.2 Å². The summed E-state index contributed by atoms with van der Waals surface area (Å²) in [6.07, 6.45) is 2.29. The minimum atomic E-state index is -0.137. The highest BCUT2D eigenvalue weighted by Gasteiger charge is 2.26. The van der Waals surface area contributed by atoms with Crippen molar-refractivity contribution >= 4 is 23.2 Å². The first-order valence-corrected chi connectivity index (χ1v) is 5.70. The predicted octanol–water partition coefficient (Wildman–Crippen LogP) is 3.39. The Balaban J connectivity index is 2.16. The summed E-state index contributed by atoms with van der Waals surface area (Å²) in [6, 6.07) is 6.03. The van der Waals surface area contributed by atoms with Crippen molar-refractivity contribution in [3.05, 3.63) is 33.8 Å². The van der Waals surface area contributed by atoms with Gasteiger partial charge in [0.15, 0.2) is 0 Å². The molecule has 0 aromatic heterocycles. The van der Waals surface area contributed by atoms with Gasteiger partial charge < -0.3 is 4.74 Å². The highest BCUT2D eigenvalue weighted by Crippen LogP contribution is 2.30. The molecular formula is C11H13Cl2NO.